The quantitative estimate of drug-likeness (QED) is 0.434. The van der Waals surface area contributed by atoms with Crippen LogP contribution >= 0.6 is 0 Å². The molecule has 2 aromatic carbocycles. The molecule has 3 rings (SSSR count). The lowest BCUT2D eigenvalue weighted by Gasteiger charge is -2.26. The molecule has 0 atom stereocenters. The van der Waals surface area contributed by atoms with Crippen LogP contribution < -0.4 is 25.4 Å². The summed E-state index contributed by atoms with van der Waals surface area (Å²) in [4.78, 5) is 27.3. The molecule has 1 fully saturated rings. The van der Waals surface area contributed by atoms with Gasteiger partial charge in [0.15, 0.2) is 0 Å². The molecular formula is C24H29F3N4O4. The van der Waals surface area contributed by atoms with Crippen LogP contribution in [0.15, 0.2) is 42.5 Å². The Morgan fingerprint density at radius 1 is 1.00 bits per heavy atom. The summed E-state index contributed by atoms with van der Waals surface area (Å²) in [6, 6.07) is 8.78. The second kappa shape index (κ2) is 12.3. The van der Waals surface area contributed by atoms with Gasteiger partial charge in [0.1, 0.15) is 11.5 Å². The molecule has 1 aliphatic heterocycles. The number of amides is 3. The summed E-state index contributed by atoms with van der Waals surface area (Å²) in [6.45, 7) is 3.70. The molecule has 0 saturated carbocycles. The number of methoxy groups -OCH3 is 1. The molecule has 35 heavy (non-hydrogen) atoms. The van der Waals surface area contributed by atoms with Crippen LogP contribution in [0.5, 0.6) is 11.5 Å². The Bertz CT molecular complexity index is 1010. The number of nitrogens with zero attached hydrogens (tertiary/aromatic N) is 1. The number of carbonyl (C=O) groups is 2. The van der Waals surface area contributed by atoms with Gasteiger partial charge in [0, 0.05) is 30.1 Å². The number of ether oxygens (including phenoxy) is 2. The lowest BCUT2D eigenvalue weighted by atomic mass is 10.1. The number of anilines is 2. The number of hydrogen-bond acceptors (Lipinski definition) is 5. The number of halogens is 3. The molecule has 0 unspecified atom stereocenters. The van der Waals surface area contributed by atoms with Gasteiger partial charge in [-0.25, -0.2) is 4.79 Å². The minimum absolute atomic E-state index is 0.108. The summed E-state index contributed by atoms with van der Waals surface area (Å²) < 4.78 is 46.3. The predicted molar refractivity (Wildman–Crippen MR) is 126 cm³/mol. The van der Waals surface area contributed by atoms with Crippen molar-refractivity contribution in [1.29, 1.82) is 0 Å². The Morgan fingerprint density at radius 3 is 2.40 bits per heavy atom. The third kappa shape index (κ3) is 8.67. The number of benzene rings is 2. The van der Waals surface area contributed by atoms with Crippen molar-refractivity contribution in [3.63, 3.8) is 0 Å². The number of carbonyl (C=O) groups excluding carboxylic acids is 2. The summed E-state index contributed by atoms with van der Waals surface area (Å²) >= 11 is 0. The Kier molecular flexibility index (Phi) is 9.18. The highest BCUT2D eigenvalue weighted by atomic mass is 19.4. The smallest absolute Gasteiger partial charge is 0.496 e. The van der Waals surface area contributed by atoms with Crippen molar-refractivity contribution in [2.45, 2.75) is 32.0 Å². The van der Waals surface area contributed by atoms with E-state index in [4.69, 9.17) is 4.74 Å². The maximum atomic E-state index is 12.6. The summed E-state index contributed by atoms with van der Waals surface area (Å²) in [5, 5.41) is 7.88. The molecule has 0 bridgehead atoms. The van der Waals surface area contributed by atoms with Gasteiger partial charge in [0.05, 0.1) is 12.7 Å². The van der Waals surface area contributed by atoms with Gasteiger partial charge in [-0.1, -0.05) is 12.5 Å². The van der Waals surface area contributed by atoms with Gasteiger partial charge in [-0.05, 0) is 63.2 Å². The lowest BCUT2D eigenvalue weighted by Crippen LogP contribution is -2.33. The first kappa shape index (κ1) is 26.1. The first-order chi connectivity index (χ1) is 16.7. The second-order valence-corrected chi connectivity index (χ2v) is 8.08. The predicted octanol–water partition coefficient (Wildman–Crippen LogP) is 4.84. The van der Waals surface area contributed by atoms with Crippen LogP contribution in [0.25, 0.3) is 0 Å². The van der Waals surface area contributed by atoms with E-state index in [1.807, 2.05) is 0 Å². The standard InChI is InChI=1S/C24H29F3N4O4/c1-34-21-16-18(30-23(33)29-17-7-5-8-19(15-17)35-24(25,26)27)9-10-20(21)22(32)28-11-6-14-31-12-3-2-4-13-31/h5,7-10,15-16H,2-4,6,11-14H2,1H3,(H,28,32)(H2,29,30,33). The average Bonchev–Trinajstić information content (AvgIpc) is 2.81. The van der Waals surface area contributed by atoms with Crippen molar-refractivity contribution < 1.29 is 32.2 Å². The van der Waals surface area contributed by atoms with Gasteiger partial charge >= 0.3 is 12.4 Å². The first-order valence-electron chi connectivity index (χ1n) is 11.4. The third-order valence-electron chi connectivity index (χ3n) is 5.41. The minimum Gasteiger partial charge on any atom is -0.496 e. The van der Waals surface area contributed by atoms with Gasteiger partial charge in [-0.2, -0.15) is 0 Å². The molecule has 0 spiro atoms. The fourth-order valence-corrected chi connectivity index (χ4v) is 3.80. The van der Waals surface area contributed by atoms with E-state index in [9.17, 15) is 22.8 Å². The van der Waals surface area contributed by atoms with Crippen molar-refractivity contribution in [3.8, 4) is 11.5 Å². The zero-order chi connectivity index (χ0) is 25.3. The molecule has 11 heteroatoms. The number of hydrogen-bond donors (Lipinski definition) is 3. The maximum Gasteiger partial charge on any atom is 0.573 e. The zero-order valence-electron chi connectivity index (χ0n) is 19.4. The van der Waals surface area contributed by atoms with Crippen molar-refractivity contribution in [2.75, 3.05) is 43.9 Å². The van der Waals surface area contributed by atoms with E-state index in [1.165, 1.54) is 56.7 Å². The van der Waals surface area contributed by atoms with E-state index in [0.717, 1.165) is 38.2 Å². The molecule has 3 amide bonds. The molecule has 190 valence electrons. The summed E-state index contributed by atoms with van der Waals surface area (Å²) in [5.41, 5.74) is 0.772. The highest BCUT2D eigenvalue weighted by molar-refractivity contribution is 6.01. The number of alkyl halides is 3. The largest absolute Gasteiger partial charge is 0.573 e. The van der Waals surface area contributed by atoms with E-state index in [1.54, 1.807) is 0 Å². The first-order valence-corrected chi connectivity index (χ1v) is 11.4. The lowest BCUT2D eigenvalue weighted by molar-refractivity contribution is -0.274. The van der Waals surface area contributed by atoms with Gasteiger partial charge in [0.2, 0.25) is 0 Å². The molecule has 1 saturated heterocycles. The molecule has 3 N–H and O–H groups in total. The Hall–Kier alpha value is -3.47. The SMILES string of the molecule is COc1cc(NC(=O)Nc2cccc(OC(F)(F)F)c2)ccc1C(=O)NCCCN1CCCCC1. The van der Waals surface area contributed by atoms with E-state index in [0.29, 0.717) is 17.8 Å². The summed E-state index contributed by atoms with van der Waals surface area (Å²) in [7, 11) is 1.42. The molecule has 2 aromatic rings. The van der Waals surface area contributed by atoms with Crippen LogP contribution in [0.1, 0.15) is 36.0 Å². The molecule has 1 aliphatic rings. The van der Waals surface area contributed by atoms with Crippen LogP contribution in [0.4, 0.5) is 29.3 Å². The molecule has 8 nitrogen and oxygen atoms in total. The molecule has 0 aromatic heterocycles. The zero-order valence-corrected chi connectivity index (χ0v) is 19.4. The van der Waals surface area contributed by atoms with Gasteiger partial charge in [-0.3, -0.25) is 4.79 Å². The number of rotatable bonds is 9. The number of nitrogens with one attached hydrogen (secondary N) is 3. The van der Waals surface area contributed by atoms with Crippen molar-refractivity contribution in [2.24, 2.45) is 0 Å². The number of likely N-dealkylation sites (tertiary alicyclic amines) is 1. The Balaban J connectivity index is 1.52. The molecule has 0 aliphatic carbocycles. The van der Waals surface area contributed by atoms with Crippen molar-refractivity contribution >= 4 is 23.3 Å². The van der Waals surface area contributed by atoms with E-state index in [2.05, 4.69) is 25.6 Å². The van der Waals surface area contributed by atoms with E-state index in [-0.39, 0.29) is 17.3 Å². The van der Waals surface area contributed by atoms with Crippen LogP contribution in [0.3, 0.4) is 0 Å². The van der Waals surface area contributed by atoms with Gasteiger partial charge in [0.25, 0.3) is 5.91 Å². The fourth-order valence-electron chi connectivity index (χ4n) is 3.80. The maximum absolute atomic E-state index is 12.6. The third-order valence-corrected chi connectivity index (χ3v) is 5.41. The average molecular weight is 495 g/mol. The van der Waals surface area contributed by atoms with Gasteiger partial charge < -0.3 is 30.3 Å². The highest BCUT2D eigenvalue weighted by Crippen LogP contribution is 2.26. The topological polar surface area (TPSA) is 91.9 Å². The van der Waals surface area contributed by atoms with Gasteiger partial charge in [-0.15, -0.1) is 13.2 Å². The number of urea groups is 1. The van der Waals surface area contributed by atoms with Crippen LogP contribution in [-0.4, -0.2) is 56.5 Å². The molecule has 0 radical (unpaired) electrons. The van der Waals surface area contributed by atoms with Crippen LogP contribution in [0, 0.1) is 0 Å². The Morgan fingerprint density at radius 2 is 1.71 bits per heavy atom. The van der Waals surface area contributed by atoms with E-state index >= 15 is 0 Å². The van der Waals surface area contributed by atoms with Crippen molar-refractivity contribution in [1.82, 2.24) is 10.2 Å². The minimum atomic E-state index is -4.83. The summed E-state index contributed by atoms with van der Waals surface area (Å²) in [6.07, 6.45) is -0.257. The van der Waals surface area contributed by atoms with Crippen LogP contribution in [-0.2, 0) is 0 Å². The molecular weight excluding hydrogens is 465 g/mol. The number of piperidine rings is 1. The fraction of sp³-hybridized carbons (Fsp3) is 0.417. The summed E-state index contributed by atoms with van der Waals surface area (Å²) in [5.74, 6) is -0.460. The highest BCUT2D eigenvalue weighted by Gasteiger charge is 2.31. The second-order valence-electron chi connectivity index (χ2n) is 8.08. The Labute approximate surface area is 201 Å². The monoisotopic (exact) mass is 494 g/mol. The molecule has 1 heterocycles. The normalized spacial score (nSPS) is 14.2. The van der Waals surface area contributed by atoms with Crippen molar-refractivity contribution in [3.05, 3.63) is 48.0 Å². The van der Waals surface area contributed by atoms with Crippen LogP contribution in [0.2, 0.25) is 0 Å². The van der Waals surface area contributed by atoms with E-state index < -0.39 is 18.1 Å².